The molecule has 0 spiro atoms. The largest absolute Gasteiger partial charge is 0.298 e. The fourth-order valence-corrected chi connectivity index (χ4v) is 0. The van der Waals surface area contributed by atoms with Crippen LogP contribution < -0.4 is 0 Å². The molecule has 0 rings (SSSR count). The molecule has 0 aromatic heterocycles. The van der Waals surface area contributed by atoms with Gasteiger partial charge in [0, 0.05) is 0 Å². The Morgan fingerprint density at radius 1 is 1.00 bits per heavy atom. The summed E-state index contributed by atoms with van der Waals surface area (Å²) in [5.74, 6) is 0. The van der Waals surface area contributed by atoms with E-state index in [0.717, 1.165) is 0 Å². The molecule has 0 nitrogen and oxygen atoms in total. The quantitative estimate of drug-likeness (QED) is 0.550. The molecule has 0 saturated heterocycles. The molecule has 0 aromatic carbocycles. The van der Waals surface area contributed by atoms with Crippen molar-refractivity contribution in [3.05, 3.63) is 0 Å². The summed E-state index contributed by atoms with van der Waals surface area (Å²) in [6.07, 6.45) is -6.31. The molecule has 0 fully saturated rings. The number of rotatable bonds is 2. The van der Waals surface area contributed by atoms with Crippen LogP contribution in [-0.4, -0.2) is 19.5 Å². The maximum atomic E-state index is 10.7. The van der Waals surface area contributed by atoms with Crippen molar-refractivity contribution in [3.63, 3.8) is 0 Å². The smallest absolute Gasteiger partial charge is 0.251 e. The van der Waals surface area contributed by atoms with Crippen LogP contribution in [0.15, 0.2) is 0 Å². The summed E-state index contributed by atoms with van der Waals surface area (Å²) in [7, 11) is 0. The molecular formula is C5H9F5. The highest BCUT2D eigenvalue weighted by atomic mass is 19.3. The summed E-state index contributed by atoms with van der Waals surface area (Å²) < 4.78 is 52.4. The van der Waals surface area contributed by atoms with Crippen molar-refractivity contribution < 1.29 is 22.0 Å². The van der Waals surface area contributed by atoms with Gasteiger partial charge < -0.3 is 0 Å². The molecule has 0 bridgehead atoms. The van der Waals surface area contributed by atoms with Crippen LogP contribution in [0.3, 0.4) is 0 Å². The molecule has 0 saturated carbocycles. The number of hydrogen-bond donors (Lipinski definition) is 0. The Bertz CT molecular complexity index is 46.0. The Hall–Kier alpha value is -0.350. The SMILES string of the molecule is CCCF.FC(F)C(F)F. The molecule has 10 heavy (non-hydrogen) atoms. The fraction of sp³-hybridized carbons (Fsp3) is 1.00. The third kappa shape index (κ3) is 15.6. The van der Waals surface area contributed by atoms with E-state index in [0.29, 0.717) is 6.42 Å². The van der Waals surface area contributed by atoms with Crippen molar-refractivity contribution in [2.24, 2.45) is 0 Å². The van der Waals surface area contributed by atoms with E-state index in [1.54, 1.807) is 6.92 Å². The first-order chi connectivity index (χ1) is 4.56. The van der Waals surface area contributed by atoms with Gasteiger partial charge in [-0.15, -0.1) is 0 Å². The first-order valence-electron chi connectivity index (χ1n) is 2.68. The number of alkyl halides is 5. The van der Waals surface area contributed by atoms with E-state index in [1.807, 2.05) is 0 Å². The van der Waals surface area contributed by atoms with E-state index in [1.165, 1.54) is 0 Å². The summed E-state index contributed by atoms with van der Waals surface area (Å²) in [5.41, 5.74) is 0. The van der Waals surface area contributed by atoms with Gasteiger partial charge >= 0.3 is 0 Å². The van der Waals surface area contributed by atoms with E-state index >= 15 is 0 Å². The predicted molar refractivity (Wildman–Crippen MR) is 28.3 cm³/mol. The van der Waals surface area contributed by atoms with Crippen molar-refractivity contribution in [1.29, 1.82) is 0 Å². The van der Waals surface area contributed by atoms with Gasteiger partial charge in [0.2, 0.25) is 0 Å². The summed E-state index contributed by atoms with van der Waals surface area (Å²) in [4.78, 5) is 0. The Morgan fingerprint density at radius 3 is 1.20 bits per heavy atom. The van der Waals surface area contributed by atoms with E-state index in [9.17, 15) is 22.0 Å². The van der Waals surface area contributed by atoms with Crippen LogP contribution in [-0.2, 0) is 0 Å². The average molecular weight is 164 g/mol. The lowest BCUT2D eigenvalue weighted by Gasteiger charge is -1.89. The third-order valence-electron chi connectivity index (χ3n) is 0.379. The predicted octanol–water partition coefficient (Wildman–Crippen LogP) is 2.88. The zero-order valence-electron chi connectivity index (χ0n) is 5.46. The van der Waals surface area contributed by atoms with Crippen LogP contribution in [0.25, 0.3) is 0 Å². The molecule has 0 aromatic rings. The van der Waals surface area contributed by atoms with Crippen LogP contribution in [0.1, 0.15) is 13.3 Å². The molecule has 64 valence electrons. The second-order valence-corrected chi connectivity index (χ2v) is 1.36. The lowest BCUT2D eigenvalue weighted by Crippen LogP contribution is -2.02. The summed E-state index contributed by atoms with van der Waals surface area (Å²) in [6.45, 7) is 1.62. The molecule has 0 amide bonds. The van der Waals surface area contributed by atoms with Crippen LogP contribution in [0, 0.1) is 0 Å². The van der Waals surface area contributed by atoms with Gasteiger partial charge in [-0.05, 0) is 6.42 Å². The maximum absolute atomic E-state index is 10.7. The van der Waals surface area contributed by atoms with E-state index in [-0.39, 0.29) is 6.67 Å². The molecule has 0 unspecified atom stereocenters. The van der Waals surface area contributed by atoms with Gasteiger partial charge in [0.25, 0.3) is 12.9 Å². The van der Waals surface area contributed by atoms with Crippen molar-refractivity contribution in [2.45, 2.75) is 26.2 Å². The van der Waals surface area contributed by atoms with Gasteiger partial charge in [0.15, 0.2) is 0 Å². The topological polar surface area (TPSA) is 0 Å². The van der Waals surface area contributed by atoms with Gasteiger partial charge in [-0.3, -0.25) is 4.39 Å². The summed E-state index contributed by atoms with van der Waals surface area (Å²) >= 11 is 0. The van der Waals surface area contributed by atoms with Crippen molar-refractivity contribution >= 4 is 0 Å². The van der Waals surface area contributed by atoms with Gasteiger partial charge in [-0.2, -0.15) is 0 Å². The Labute approximate surface area is 56.0 Å². The maximum Gasteiger partial charge on any atom is 0.298 e. The molecule has 0 N–H and O–H groups in total. The summed E-state index contributed by atoms with van der Waals surface area (Å²) in [6, 6.07) is 0. The molecule has 5 heteroatoms. The molecule has 0 atom stereocenters. The molecule has 0 aliphatic rings. The number of halogens is 5. The first kappa shape index (κ1) is 12.3. The van der Waals surface area contributed by atoms with E-state index in [2.05, 4.69) is 0 Å². The highest BCUT2D eigenvalue weighted by molar-refractivity contribution is 4.35. The first-order valence-corrected chi connectivity index (χ1v) is 2.68. The minimum absolute atomic E-state index is 0.181. The van der Waals surface area contributed by atoms with Crippen LogP contribution in [0.4, 0.5) is 22.0 Å². The van der Waals surface area contributed by atoms with Crippen molar-refractivity contribution in [2.75, 3.05) is 6.67 Å². The van der Waals surface area contributed by atoms with E-state index in [4.69, 9.17) is 0 Å². The highest BCUT2D eigenvalue weighted by Gasteiger charge is 2.15. The lowest BCUT2D eigenvalue weighted by atomic mass is 10.6. The van der Waals surface area contributed by atoms with Crippen LogP contribution >= 0.6 is 0 Å². The fourth-order valence-electron chi connectivity index (χ4n) is 0. The molecular weight excluding hydrogens is 155 g/mol. The monoisotopic (exact) mass is 164 g/mol. The van der Waals surface area contributed by atoms with Gasteiger partial charge in [0.05, 0.1) is 6.67 Å². The summed E-state index contributed by atoms with van der Waals surface area (Å²) in [5, 5.41) is 0. The zero-order chi connectivity index (χ0) is 8.57. The van der Waals surface area contributed by atoms with Gasteiger partial charge in [-0.1, -0.05) is 6.92 Å². The van der Waals surface area contributed by atoms with Crippen molar-refractivity contribution in [3.8, 4) is 0 Å². The standard InChI is InChI=1S/C3H7F.C2H2F4/c1-2-3-4;3-1(4)2(5)6/h2-3H2,1H3;1-2H. The van der Waals surface area contributed by atoms with Crippen LogP contribution in [0.5, 0.6) is 0 Å². The minimum Gasteiger partial charge on any atom is -0.251 e. The Balaban J connectivity index is 0. The van der Waals surface area contributed by atoms with Gasteiger partial charge in [0.1, 0.15) is 0 Å². The lowest BCUT2D eigenvalue weighted by molar-refractivity contribution is -0.0278. The normalized spacial score (nSPS) is 9.60. The van der Waals surface area contributed by atoms with Gasteiger partial charge in [-0.25, -0.2) is 17.6 Å². The molecule has 0 radical (unpaired) electrons. The van der Waals surface area contributed by atoms with E-state index < -0.39 is 12.9 Å². The zero-order valence-corrected chi connectivity index (χ0v) is 5.46. The Kier molecular flexibility index (Phi) is 10.7. The third-order valence-corrected chi connectivity index (χ3v) is 0.379. The molecule has 0 aliphatic heterocycles. The second-order valence-electron chi connectivity index (χ2n) is 1.36. The average Bonchev–Trinajstić information content (AvgIpc) is 1.89. The van der Waals surface area contributed by atoms with Crippen LogP contribution in [0.2, 0.25) is 0 Å². The molecule has 0 heterocycles. The Morgan fingerprint density at radius 2 is 1.20 bits per heavy atom. The number of hydrogen-bond acceptors (Lipinski definition) is 0. The molecule has 0 aliphatic carbocycles. The van der Waals surface area contributed by atoms with Crippen molar-refractivity contribution in [1.82, 2.24) is 0 Å². The highest BCUT2D eigenvalue weighted by Crippen LogP contribution is 2.04. The second kappa shape index (κ2) is 8.65. The minimum atomic E-state index is -3.48.